The number of azide groups is 1. The van der Waals surface area contributed by atoms with Gasteiger partial charge in [-0.3, -0.25) is 0 Å². The van der Waals surface area contributed by atoms with E-state index >= 15 is 0 Å². The zero-order valence-electron chi connectivity index (χ0n) is 25.5. The monoisotopic (exact) mass is 651 g/mol. The molecule has 0 spiro atoms. The van der Waals surface area contributed by atoms with Crippen LogP contribution in [-0.2, 0) is 13.7 Å². The number of benzene rings is 2. The second-order valence-corrected chi connectivity index (χ2v) is 18.9. The van der Waals surface area contributed by atoms with Crippen molar-refractivity contribution in [3.05, 3.63) is 71.1 Å². The summed E-state index contributed by atoms with van der Waals surface area (Å²) in [6.45, 7) is 7.07. The molecule has 42 heavy (non-hydrogen) atoms. The summed E-state index contributed by atoms with van der Waals surface area (Å²) in [5.41, 5.74) is 9.68. The maximum absolute atomic E-state index is 9.68. The molecule has 1 saturated heterocycles. The van der Waals surface area contributed by atoms with E-state index in [4.69, 9.17) is 13.7 Å². The van der Waals surface area contributed by atoms with Crippen molar-refractivity contribution < 1.29 is 13.7 Å². The van der Waals surface area contributed by atoms with Gasteiger partial charge < -0.3 is 13.7 Å². The Balaban J connectivity index is 1.41. The van der Waals surface area contributed by atoms with Crippen molar-refractivity contribution in [1.82, 2.24) is 0 Å². The van der Waals surface area contributed by atoms with Gasteiger partial charge in [0.15, 0.2) is 0 Å². The molecule has 0 radical (unpaired) electrons. The van der Waals surface area contributed by atoms with E-state index in [0.29, 0.717) is 11.8 Å². The molecule has 9 heteroatoms. The summed E-state index contributed by atoms with van der Waals surface area (Å²) in [4.78, 5) is 3.27. The molecule has 1 heterocycles. The van der Waals surface area contributed by atoms with E-state index < -0.39 is 21.5 Å². The van der Waals surface area contributed by atoms with Gasteiger partial charge in [0.1, 0.15) is 0 Å². The summed E-state index contributed by atoms with van der Waals surface area (Å²) in [6, 6.07) is 20.7. The van der Waals surface area contributed by atoms with E-state index in [1.807, 2.05) is 12.1 Å². The molecule has 0 unspecified atom stereocenters. The van der Waals surface area contributed by atoms with E-state index in [1.165, 1.54) is 74.6 Å². The van der Waals surface area contributed by atoms with Crippen LogP contribution in [-0.4, -0.2) is 45.0 Å². The lowest BCUT2D eigenvalue weighted by molar-refractivity contribution is 0.0324. The molecule has 0 aromatic heterocycles. The quantitative estimate of drug-likeness (QED) is 0.0859. The fraction of sp³-hybridized carbons (Fsp3) is 0.636. The third-order valence-electron chi connectivity index (χ3n) is 9.85. The van der Waals surface area contributed by atoms with Crippen LogP contribution in [0.15, 0.2) is 65.8 Å². The van der Waals surface area contributed by atoms with E-state index in [9.17, 15) is 5.53 Å². The van der Waals surface area contributed by atoms with Gasteiger partial charge in [0, 0.05) is 11.5 Å². The van der Waals surface area contributed by atoms with Crippen molar-refractivity contribution in [1.29, 1.82) is 0 Å². The first-order valence-electron chi connectivity index (χ1n) is 16.1. The fourth-order valence-electron chi connectivity index (χ4n) is 7.74. The molecular formula is C33H47BBrN3O3Si. The first-order valence-corrected chi connectivity index (χ1v) is 18.9. The second kappa shape index (κ2) is 14.4. The van der Waals surface area contributed by atoms with Gasteiger partial charge in [-0.15, -0.1) is 0 Å². The maximum Gasteiger partial charge on any atom is 0.472 e. The van der Waals surface area contributed by atoms with E-state index in [2.05, 4.69) is 95.3 Å². The first-order chi connectivity index (χ1) is 20.3. The smallest absolute Gasteiger partial charge is 0.407 e. The van der Waals surface area contributed by atoms with Crippen LogP contribution in [0, 0.1) is 11.8 Å². The molecule has 0 amide bonds. The Morgan fingerprint density at radius 1 is 0.857 bits per heavy atom. The Bertz CT molecular complexity index is 1100. The summed E-state index contributed by atoms with van der Waals surface area (Å²) >= 11 is 3.93. The number of hydrogen-bond donors (Lipinski definition) is 0. The van der Waals surface area contributed by atoms with Crippen LogP contribution >= 0.6 is 15.9 Å². The molecule has 3 fully saturated rings. The van der Waals surface area contributed by atoms with Crippen molar-refractivity contribution in [2.45, 2.75) is 113 Å². The zero-order valence-corrected chi connectivity index (χ0v) is 28.1. The van der Waals surface area contributed by atoms with Gasteiger partial charge in [-0.25, -0.2) is 0 Å². The van der Waals surface area contributed by atoms with E-state index in [-0.39, 0.29) is 28.6 Å². The Kier molecular flexibility index (Phi) is 10.9. The lowest BCUT2D eigenvalue weighted by Crippen LogP contribution is -2.67. The van der Waals surface area contributed by atoms with Crippen molar-refractivity contribution in [2.75, 3.05) is 6.61 Å². The highest BCUT2D eigenvalue weighted by Gasteiger charge is 2.53. The molecule has 2 aromatic carbocycles. The van der Waals surface area contributed by atoms with Crippen LogP contribution < -0.4 is 10.4 Å². The summed E-state index contributed by atoms with van der Waals surface area (Å²) in [5, 5.41) is 6.53. The molecule has 0 bridgehead atoms. The molecule has 2 saturated carbocycles. The average molecular weight is 653 g/mol. The van der Waals surface area contributed by atoms with Crippen LogP contribution in [0.4, 0.5) is 0 Å². The lowest BCUT2D eigenvalue weighted by atomic mass is 9.77. The minimum atomic E-state index is -2.79. The number of hydrogen-bond acceptors (Lipinski definition) is 4. The van der Waals surface area contributed by atoms with Gasteiger partial charge in [-0.05, 0) is 58.5 Å². The Labute approximate surface area is 262 Å². The summed E-state index contributed by atoms with van der Waals surface area (Å²) in [5.74, 6) is 1.09. The highest BCUT2D eigenvalue weighted by Crippen LogP contribution is 2.42. The van der Waals surface area contributed by atoms with Gasteiger partial charge in [0.25, 0.3) is 8.32 Å². The predicted octanol–water partition coefficient (Wildman–Crippen LogP) is 7.98. The van der Waals surface area contributed by atoms with E-state index in [1.54, 1.807) is 0 Å². The Morgan fingerprint density at radius 2 is 1.31 bits per heavy atom. The minimum Gasteiger partial charge on any atom is -0.407 e. The van der Waals surface area contributed by atoms with Crippen molar-refractivity contribution in [3.8, 4) is 0 Å². The lowest BCUT2D eigenvalue weighted by Gasteiger charge is -2.43. The number of halogens is 1. The molecule has 5 rings (SSSR count). The Hall–Kier alpha value is -1.61. The molecule has 1 aliphatic heterocycles. The van der Waals surface area contributed by atoms with Gasteiger partial charge in [0.2, 0.25) is 0 Å². The normalized spacial score (nSPS) is 24.2. The summed E-state index contributed by atoms with van der Waals surface area (Å²) in [6.07, 6.45) is 12.8. The maximum atomic E-state index is 9.68. The summed E-state index contributed by atoms with van der Waals surface area (Å²) < 4.78 is 20.5. The van der Waals surface area contributed by atoms with Gasteiger partial charge >= 0.3 is 7.12 Å². The fourth-order valence-corrected chi connectivity index (χ4v) is 12.8. The van der Waals surface area contributed by atoms with Gasteiger partial charge in [0.05, 0.1) is 23.0 Å². The van der Waals surface area contributed by atoms with E-state index in [0.717, 1.165) is 0 Å². The average Bonchev–Trinajstić information content (AvgIpc) is 3.47. The molecule has 226 valence electrons. The van der Waals surface area contributed by atoms with Crippen LogP contribution in [0.3, 0.4) is 0 Å². The number of alkyl halides is 1. The molecule has 6 nitrogen and oxygen atoms in total. The third-order valence-corrected chi connectivity index (χ3v) is 15.9. The molecule has 4 atom stereocenters. The Morgan fingerprint density at radius 3 is 1.71 bits per heavy atom. The predicted molar refractivity (Wildman–Crippen MR) is 178 cm³/mol. The highest BCUT2D eigenvalue weighted by molar-refractivity contribution is 9.10. The SMILES string of the molecule is CC(C)(C)[Si](OC[C@@H](N=[N+]=[N-])[C@H](Br)B1O[C@@H](C2CCCCC2)[C@H](C2CCCCC2)O1)(c1ccccc1)c1ccccc1. The van der Waals surface area contributed by atoms with Crippen LogP contribution in [0.2, 0.25) is 5.04 Å². The number of rotatable bonds is 10. The standard InChI is InChI=1S/C33H47BBrN3O3Si/c1-33(2,3)42(27-20-12-6-13-21-27,28-22-14-7-15-23-28)39-24-29(37-38-36)32(35)34-40-30(25-16-8-4-9-17-25)31(41-34)26-18-10-5-11-19-26/h6-7,12-15,20-23,25-26,29-32H,4-5,8-11,16-19,24H2,1-3H3/t29-,30+,31+,32+/m1/s1. The summed E-state index contributed by atoms with van der Waals surface area (Å²) in [7, 11) is -3.26. The highest BCUT2D eigenvalue weighted by atomic mass is 79.9. The minimum absolute atomic E-state index is 0.114. The molecule has 2 aromatic rings. The van der Waals surface area contributed by atoms with Crippen LogP contribution in [0.5, 0.6) is 0 Å². The van der Waals surface area contributed by atoms with Crippen LogP contribution in [0.1, 0.15) is 85.0 Å². The van der Waals surface area contributed by atoms with Crippen LogP contribution in [0.25, 0.3) is 10.4 Å². The third kappa shape index (κ3) is 6.87. The molecule has 2 aliphatic carbocycles. The number of nitrogens with zero attached hydrogens (tertiary/aromatic N) is 3. The molecule has 0 N–H and O–H groups in total. The molecule has 3 aliphatic rings. The van der Waals surface area contributed by atoms with Crippen molar-refractivity contribution in [2.24, 2.45) is 17.0 Å². The first kappa shape index (κ1) is 31.8. The van der Waals surface area contributed by atoms with Gasteiger partial charge in [-0.1, -0.05) is 141 Å². The largest absolute Gasteiger partial charge is 0.472 e. The molecular weight excluding hydrogens is 605 g/mol. The topological polar surface area (TPSA) is 76.5 Å². The van der Waals surface area contributed by atoms with Crippen molar-refractivity contribution in [3.63, 3.8) is 0 Å². The second-order valence-electron chi connectivity index (χ2n) is 13.6. The van der Waals surface area contributed by atoms with Gasteiger partial charge in [-0.2, -0.15) is 0 Å². The van der Waals surface area contributed by atoms with Crippen molar-refractivity contribution >= 4 is 41.7 Å². The zero-order chi connectivity index (χ0) is 29.6.